The first-order valence-corrected chi connectivity index (χ1v) is 9.05. The van der Waals surface area contributed by atoms with E-state index < -0.39 is 0 Å². The summed E-state index contributed by atoms with van der Waals surface area (Å²) < 4.78 is 7.41. The second kappa shape index (κ2) is 6.75. The summed E-state index contributed by atoms with van der Waals surface area (Å²) in [6, 6.07) is 16.5. The van der Waals surface area contributed by atoms with Crippen LogP contribution in [0.4, 0.5) is 0 Å². The van der Waals surface area contributed by atoms with E-state index in [1.54, 1.807) is 0 Å². The van der Waals surface area contributed by atoms with E-state index in [0.29, 0.717) is 5.56 Å². The smallest absolute Gasteiger partial charge is 0.340 e. The second-order valence-corrected chi connectivity index (χ2v) is 6.75. The van der Waals surface area contributed by atoms with E-state index in [9.17, 15) is 4.79 Å². The molecule has 3 heteroatoms. The van der Waals surface area contributed by atoms with Gasteiger partial charge in [-0.15, -0.1) is 0 Å². The zero-order valence-electron chi connectivity index (χ0n) is 14.6. The fraction of sp³-hybridized carbons (Fsp3) is 0.318. The predicted octanol–water partition coefficient (Wildman–Crippen LogP) is 4.75. The van der Waals surface area contributed by atoms with Crippen molar-refractivity contribution in [1.82, 2.24) is 4.57 Å². The van der Waals surface area contributed by atoms with Crippen LogP contribution in [-0.2, 0) is 24.1 Å². The van der Waals surface area contributed by atoms with Gasteiger partial charge in [0, 0.05) is 17.6 Å². The summed E-state index contributed by atoms with van der Waals surface area (Å²) in [7, 11) is 1.45. The molecule has 0 spiro atoms. The number of benzene rings is 2. The molecule has 128 valence electrons. The van der Waals surface area contributed by atoms with Crippen molar-refractivity contribution in [3.05, 3.63) is 70.9 Å². The van der Waals surface area contributed by atoms with Crippen molar-refractivity contribution in [3.63, 3.8) is 0 Å². The number of carbonyl (C=O) groups is 1. The maximum Gasteiger partial charge on any atom is 0.340 e. The normalized spacial score (nSPS) is 14.1. The maximum absolute atomic E-state index is 12.4. The number of nitrogens with zero attached hydrogens (tertiary/aromatic N) is 1. The molecule has 0 atom stereocenters. The van der Waals surface area contributed by atoms with Crippen LogP contribution in [0, 0.1) is 0 Å². The van der Waals surface area contributed by atoms with Gasteiger partial charge >= 0.3 is 5.97 Å². The number of hydrogen-bond donors (Lipinski definition) is 0. The van der Waals surface area contributed by atoms with Gasteiger partial charge in [-0.1, -0.05) is 48.9 Å². The van der Waals surface area contributed by atoms with Crippen molar-refractivity contribution in [2.24, 2.45) is 0 Å². The predicted molar refractivity (Wildman–Crippen MR) is 100 cm³/mol. The molecule has 0 bridgehead atoms. The first kappa shape index (κ1) is 15.9. The number of ether oxygens (including phenoxy) is 1. The molecule has 4 rings (SSSR count). The summed E-state index contributed by atoms with van der Waals surface area (Å²) in [6.07, 6.45) is 5.89. The number of rotatable bonds is 3. The molecule has 0 saturated heterocycles. The van der Waals surface area contributed by atoms with Crippen LogP contribution in [-0.4, -0.2) is 17.6 Å². The Kier molecular flexibility index (Phi) is 4.31. The molecule has 0 N–H and O–H groups in total. The molecule has 3 aromatic rings. The Labute approximate surface area is 148 Å². The minimum absolute atomic E-state index is 0.257. The zero-order chi connectivity index (χ0) is 17.2. The number of esters is 1. The third-order valence-electron chi connectivity index (χ3n) is 5.23. The largest absolute Gasteiger partial charge is 0.465 e. The average molecular weight is 333 g/mol. The van der Waals surface area contributed by atoms with Crippen molar-refractivity contribution in [2.45, 2.75) is 38.6 Å². The third-order valence-corrected chi connectivity index (χ3v) is 5.23. The number of carbonyl (C=O) groups excluding carboxylic acids is 1. The summed E-state index contributed by atoms with van der Waals surface area (Å²) in [6.45, 7) is 0.792. The minimum Gasteiger partial charge on any atom is -0.465 e. The van der Waals surface area contributed by atoms with Crippen molar-refractivity contribution in [3.8, 4) is 0 Å². The van der Waals surface area contributed by atoms with Gasteiger partial charge in [0.25, 0.3) is 0 Å². The minimum atomic E-state index is -0.257. The summed E-state index contributed by atoms with van der Waals surface area (Å²) in [5.74, 6) is -0.257. The van der Waals surface area contributed by atoms with Gasteiger partial charge in [-0.2, -0.15) is 0 Å². The van der Waals surface area contributed by atoms with E-state index in [1.165, 1.54) is 48.6 Å². The summed E-state index contributed by atoms with van der Waals surface area (Å²) in [4.78, 5) is 12.4. The van der Waals surface area contributed by atoms with E-state index in [-0.39, 0.29) is 5.97 Å². The number of fused-ring (bicyclic) bond motifs is 3. The van der Waals surface area contributed by atoms with Gasteiger partial charge in [0.2, 0.25) is 0 Å². The van der Waals surface area contributed by atoms with Crippen LogP contribution in [0.5, 0.6) is 0 Å². The highest BCUT2D eigenvalue weighted by atomic mass is 16.5. The van der Waals surface area contributed by atoms with Crippen molar-refractivity contribution < 1.29 is 9.53 Å². The van der Waals surface area contributed by atoms with Gasteiger partial charge in [-0.05, 0) is 42.9 Å². The summed E-state index contributed by atoms with van der Waals surface area (Å²) in [5.41, 5.74) is 5.78. The van der Waals surface area contributed by atoms with Crippen LogP contribution in [0.3, 0.4) is 0 Å². The van der Waals surface area contributed by atoms with Gasteiger partial charge < -0.3 is 9.30 Å². The standard InChI is InChI=1S/C22H23NO2/c1-25-22(24)19-13-8-12-18-17-11-6-3-7-14-20(17)23(21(18)19)15-16-9-4-2-5-10-16/h2,4-5,8-10,12-13H,3,6-7,11,14-15H2,1H3. The van der Waals surface area contributed by atoms with E-state index >= 15 is 0 Å². The molecule has 2 aromatic carbocycles. The van der Waals surface area contributed by atoms with Crippen LogP contribution < -0.4 is 0 Å². The van der Waals surface area contributed by atoms with E-state index in [2.05, 4.69) is 34.9 Å². The second-order valence-electron chi connectivity index (χ2n) is 6.75. The van der Waals surface area contributed by atoms with Crippen molar-refractivity contribution >= 4 is 16.9 Å². The van der Waals surface area contributed by atoms with Crippen LogP contribution in [0.1, 0.15) is 46.4 Å². The fourth-order valence-corrected chi connectivity index (χ4v) is 4.08. The van der Waals surface area contributed by atoms with Crippen molar-refractivity contribution in [1.29, 1.82) is 0 Å². The molecule has 1 aliphatic rings. The molecular formula is C22H23NO2. The van der Waals surface area contributed by atoms with Gasteiger partial charge in [-0.25, -0.2) is 4.79 Å². The first-order chi connectivity index (χ1) is 12.3. The monoisotopic (exact) mass is 333 g/mol. The number of methoxy groups -OCH3 is 1. The molecule has 0 unspecified atom stereocenters. The van der Waals surface area contributed by atoms with Crippen molar-refractivity contribution in [2.75, 3.05) is 7.11 Å². The highest BCUT2D eigenvalue weighted by Crippen LogP contribution is 2.34. The lowest BCUT2D eigenvalue weighted by molar-refractivity contribution is 0.0602. The van der Waals surface area contributed by atoms with E-state index in [4.69, 9.17) is 4.74 Å². The molecule has 0 fully saturated rings. The number of hydrogen-bond acceptors (Lipinski definition) is 2. The van der Waals surface area contributed by atoms with Gasteiger partial charge in [0.1, 0.15) is 0 Å². The van der Waals surface area contributed by atoms with Gasteiger partial charge in [0.15, 0.2) is 0 Å². The van der Waals surface area contributed by atoms with Crippen LogP contribution in [0.15, 0.2) is 48.5 Å². The SMILES string of the molecule is COC(=O)c1cccc2c3c(n(Cc4ccccc4)c12)CCCCC3. The van der Waals surface area contributed by atoms with Crippen LogP contribution in [0.25, 0.3) is 10.9 Å². The Bertz CT molecular complexity index is 909. The third kappa shape index (κ3) is 2.84. The number of aryl methyl sites for hydroxylation is 1. The average Bonchev–Trinajstić information content (AvgIpc) is 2.81. The summed E-state index contributed by atoms with van der Waals surface area (Å²) in [5, 5.41) is 1.22. The molecule has 0 saturated carbocycles. The van der Waals surface area contributed by atoms with Crippen LogP contribution in [0.2, 0.25) is 0 Å². The number of para-hydroxylation sites is 1. The summed E-state index contributed by atoms with van der Waals surface area (Å²) >= 11 is 0. The zero-order valence-corrected chi connectivity index (χ0v) is 14.6. The van der Waals surface area contributed by atoms with E-state index in [0.717, 1.165) is 24.9 Å². The lowest BCUT2D eigenvalue weighted by Gasteiger charge is -2.13. The Morgan fingerprint density at radius 2 is 1.80 bits per heavy atom. The van der Waals surface area contributed by atoms with Gasteiger partial charge in [-0.3, -0.25) is 0 Å². The Morgan fingerprint density at radius 3 is 2.60 bits per heavy atom. The lowest BCUT2D eigenvalue weighted by Crippen LogP contribution is -2.09. The Morgan fingerprint density at radius 1 is 1.00 bits per heavy atom. The Balaban J connectivity index is 1.97. The quantitative estimate of drug-likeness (QED) is 0.512. The maximum atomic E-state index is 12.4. The molecule has 1 aliphatic carbocycles. The van der Waals surface area contributed by atoms with Gasteiger partial charge in [0.05, 0.1) is 18.2 Å². The first-order valence-electron chi connectivity index (χ1n) is 9.05. The molecule has 25 heavy (non-hydrogen) atoms. The molecule has 3 nitrogen and oxygen atoms in total. The topological polar surface area (TPSA) is 31.2 Å². The molecule has 0 amide bonds. The molecule has 0 radical (unpaired) electrons. The molecular weight excluding hydrogens is 310 g/mol. The lowest BCUT2D eigenvalue weighted by atomic mass is 10.0. The van der Waals surface area contributed by atoms with E-state index in [1.807, 2.05) is 18.2 Å². The molecule has 0 aliphatic heterocycles. The fourth-order valence-electron chi connectivity index (χ4n) is 4.08. The Hall–Kier alpha value is -2.55. The highest BCUT2D eigenvalue weighted by Gasteiger charge is 2.23. The van der Waals surface area contributed by atoms with Crippen LogP contribution >= 0.6 is 0 Å². The molecule has 1 aromatic heterocycles. The highest BCUT2D eigenvalue weighted by molar-refractivity contribution is 6.04. The molecule has 1 heterocycles. The number of aromatic nitrogens is 1.